The molecule has 1 atom stereocenters. The minimum Gasteiger partial charge on any atom is -0.378 e. The van der Waals surface area contributed by atoms with Gasteiger partial charge in [-0.15, -0.1) is 0 Å². The van der Waals surface area contributed by atoms with Crippen LogP contribution in [-0.2, 0) is 16.7 Å². The van der Waals surface area contributed by atoms with Gasteiger partial charge in [-0.05, 0) is 48.1 Å². The standard InChI is InChI=1S/C27H30N4O/c1-30(2)24-14-12-23(13-15-24)27(22-10-5-4-6-11-22)17-16-21-19-28-31(25(21)18-27)26(29-32-3)20-8-7-9-20/h4-6,10-17,19,29H,7-9,18H2,1-3H3. The molecule has 0 spiro atoms. The van der Waals surface area contributed by atoms with Crippen molar-refractivity contribution in [2.75, 3.05) is 26.1 Å². The molecule has 0 radical (unpaired) electrons. The average molecular weight is 427 g/mol. The quantitative estimate of drug-likeness (QED) is 0.563. The van der Waals surface area contributed by atoms with Crippen molar-refractivity contribution in [1.29, 1.82) is 0 Å². The van der Waals surface area contributed by atoms with E-state index in [9.17, 15) is 0 Å². The molecule has 164 valence electrons. The van der Waals surface area contributed by atoms with Crippen LogP contribution in [0.15, 0.2) is 72.4 Å². The van der Waals surface area contributed by atoms with Crippen molar-refractivity contribution >= 4 is 17.6 Å². The van der Waals surface area contributed by atoms with Crippen LogP contribution in [0.1, 0.15) is 41.6 Å². The lowest BCUT2D eigenvalue weighted by Crippen LogP contribution is -2.33. The Hall–Kier alpha value is -3.31. The normalized spacial score (nSPS) is 19.3. The summed E-state index contributed by atoms with van der Waals surface area (Å²) in [7, 11) is 5.81. The number of anilines is 1. The number of aromatic nitrogens is 2. The predicted octanol–water partition coefficient (Wildman–Crippen LogP) is 5.01. The topological polar surface area (TPSA) is 42.3 Å². The second kappa shape index (κ2) is 8.32. The van der Waals surface area contributed by atoms with E-state index in [0.29, 0.717) is 0 Å². The number of hydrogen-bond acceptors (Lipinski definition) is 4. The molecule has 1 saturated carbocycles. The number of hydroxylamine groups is 1. The SMILES string of the molecule is CONC(=C1CCC1)n1ncc2c1CC(c1ccccc1)(c1ccc(N(C)C)cc1)C=C2. The second-order valence-electron chi connectivity index (χ2n) is 8.86. The molecule has 1 unspecified atom stereocenters. The molecule has 1 fully saturated rings. The van der Waals surface area contributed by atoms with Crippen LogP contribution >= 0.6 is 0 Å². The smallest absolute Gasteiger partial charge is 0.150 e. The lowest BCUT2D eigenvalue weighted by Gasteiger charge is -2.36. The maximum atomic E-state index is 5.34. The van der Waals surface area contributed by atoms with Gasteiger partial charge in [0.05, 0.1) is 19.0 Å². The van der Waals surface area contributed by atoms with Crippen LogP contribution in [0.3, 0.4) is 0 Å². The molecule has 0 bridgehead atoms. The van der Waals surface area contributed by atoms with Crippen LogP contribution in [0.5, 0.6) is 0 Å². The van der Waals surface area contributed by atoms with Gasteiger partial charge >= 0.3 is 0 Å². The highest BCUT2D eigenvalue weighted by molar-refractivity contribution is 5.65. The van der Waals surface area contributed by atoms with E-state index in [1.807, 2.05) is 6.20 Å². The molecule has 5 nitrogen and oxygen atoms in total. The Morgan fingerprint density at radius 3 is 2.38 bits per heavy atom. The van der Waals surface area contributed by atoms with Crippen molar-refractivity contribution in [3.8, 4) is 0 Å². The summed E-state index contributed by atoms with van der Waals surface area (Å²) >= 11 is 0. The fourth-order valence-electron chi connectivity index (χ4n) is 4.76. The summed E-state index contributed by atoms with van der Waals surface area (Å²) in [5.74, 6) is 0.972. The highest BCUT2D eigenvalue weighted by Gasteiger charge is 2.37. The Bertz CT molecular complexity index is 1150. The van der Waals surface area contributed by atoms with Gasteiger partial charge in [-0.2, -0.15) is 5.10 Å². The van der Waals surface area contributed by atoms with Crippen molar-refractivity contribution in [2.24, 2.45) is 0 Å². The summed E-state index contributed by atoms with van der Waals surface area (Å²) in [6.45, 7) is 0. The van der Waals surface area contributed by atoms with Gasteiger partial charge in [-0.3, -0.25) is 4.84 Å². The van der Waals surface area contributed by atoms with E-state index in [4.69, 9.17) is 9.94 Å². The van der Waals surface area contributed by atoms with E-state index < -0.39 is 0 Å². The third-order valence-electron chi connectivity index (χ3n) is 6.79. The Balaban J connectivity index is 1.64. The molecule has 32 heavy (non-hydrogen) atoms. The molecule has 2 aromatic carbocycles. The zero-order valence-corrected chi connectivity index (χ0v) is 19.0. The molecule has 1 N–H and O–H groups in total. The maximum Gasteiger partial charge on any atom is 0.150 e. The molecule has 1 heterocycles. The van der Waals surface area contributed by atoms with Gasteiger partial charge in [-0.25, -0.2) is 10.2 Å². The molecule has 1 aromatic heterocycles. The fraction of sp³-hybridized carbons (Fsp3) is 0.296. The van der Waals surface area contributed by atoms with Crippen molar-refractivity contribution in [3.05, 3.63) is 94.8 Å². The van der Waals surface area contributed by atoms with E-state index in [0.717, 1.165) is 30.6 Å². The van der Waals surface area contributed by atoms with E-state index in [1.165, 1.54) is 34.5 Å². The third kappa shape index (κ3) is 3.43. The summed E-state index contributed by atoms with van der Waals surface area (Å²) in [6, 6.07) is 19.7. The summed E-state index contributed by atoms with van der Waals surface area (Å²) < 4.78 is 2.06. The zero-order chi connectivity index (χ0) is 22.1. The number of nitrogens with zero attached hydrogens (tertiary/aromatic N) is 3. The van der Waals surface area contributed by atoms with Gasteiger partial charge in [0.15, 0.2) is 5.82 Å². The van der Waals surface area contributed by atoms with Crippen molar-refractivity contribution in [3.63, 3.8) is 0 Å². The maximum absolute atomic E-state index is 5.34. The molecular formula is C27H30N4O. The van der Waals surface area contributed by atoms with Crippen LogP contribution in [0, 0.1) is 0 Å². The Morgan fingerprint density at radius 1 is 1.03 bits per heavy atom. The first-order valence-electron chi connectivity index (χ1n) is 11.2. The van der Waals surface area contributed by atoms with Gasteiger partial charge in [-0.1, -0.05) is 54.6 Å². The Morgan fingerprint density at radius 2 is 1.75 bits per heavy atom. The number of nitrogens with one attached hydrogen (secondary N) is 1. The van der Waals surface area contributed by atoms with E-state index in [1.54, 1.807) is 7.11 Å². The van der Waals surface area contributed by atoms with E-state index in [-0.39, 0.29) is 5.41 Å². The van der Waals surface area contributed by atoms with Crippen LogP contribution in [0.4, 0.5) is 5.69 Å². The van der Waals surface area contributed by atoms with Crippen LogP contribution in [0.25, 0.3) is 11.9 Å². The first kappa shape index (κ1) is 20.6. The largest absolute Gasteiger partial charge is 0.378 e. The number of fused-ring (bicyclic) bond motifs is 1. The van der Waals surface area contributed by atoms with Crippen molar-refractivity contribution < 1.29 is 4.84 Å². The first-order valence-corrected chi connectivity index (χ1v) is 11.2. The molecule has 5 heteroatoms. The van der Waals surface area contributed by atoms with Gasteiger partial charge < -0.3 is 4.90 Å². The number of allylic oxidation sites excluding steroid dienone is 2. The second-order valence-corrected chi connectivity index (χ2v) is 8.86. The van der Waals surface area contributed by atoms with Crippen molar-refractivity contribution in [2.45, 2.75) is 31.1 Å². The minimum absolute atomic E-state index is 0.265. The highest BCUT2D eigenvalue weighted by Crippen LogP contribution is 2.43. The van der Waals surface area contributed by atoms with Gasteiger partial charge in [0.2, 0.25) is 0 Å². The number of rotatable bonds is 6. The molecule has 2 aliphatic rings. The molecule has 5 rings (SSSR count). The lowest BCUT2D eigenvalue weighted by molar-refractivity contribution is 0.129. The van der Waals surface area contributed by atoms with Gasteiger partial charge in [0.25, 0.3) is 0 Å². The average Bonchev–Trinajstić information content (AvgIpc) is 3.21. The predicted molar refractivity (Wildman–Crippen MR) is 130 cm³/mol. The minimum atomic E-state index is -0.265. The molecular weight excluding hydrogens is 396 g/mol. The number of hydrogen-bond donors (Lipinski definition) is 1. The zero-order valence-electron chi connectivity index (χ0n) is 19.0. The van der Waals surface area contributed by atoms with Crippen molar-refractivity contribution in [1.82, 2.24) is 15.3 Å². The van der Waals surface area contributed by atoms with Gasteiger partial charge in [0.1, 0.15) is 0 Å². The summed E-state index contributed by atoms with van der Waals surface area (Å²) in [5, 5.41) is 4.77. The summed E-state index contributed by atoms with van der Waals surface area (Å²) in [6.07, 6.45) is 10.8. The Labute approximate surface area is 190 Å². The number of benzene rings is 2. The van der Waals surface area contributed by atoms with Crippen LogP contribution in [0.2, 0.25) is 0 Å². The monoisotopic (exact) mass is 426 g/mol. The van der Waals surface area contributed by atoms with E-state index >= 15 is 0 Å². The van der Waals surface area contributed by atoms with Crippen LogP contribution < -0.4 is 10.4 Å². The lowest BCUT2D eigenvalue weighted by atomic mass is 9.68. The molecule has 0 amide bonds. The molecule has 2 aliphatic carbocycles. The highest BCUT2D eigenvalue weighted by atomic mass is 16.6. The third-order valence-corrected chi connectivity index (χ3v) is 6.79. The molecule has 0 saturated heterocycles. The summed E-state index contributed by atoms with van der Waals surface area (Å²) in [4.78, 5) is 7.48. The summed E-state index contributed by atoms with van der Waals surface area (Å²) in [5.41, 5.74) is 10.3. The van der Waals surface area contributed by atoms with Crippen LogP contribution in [-0.4, -0.2) is 31.0 Å². The van der Waals surface area contributed by atoms with E-state index in [2.05, 4.69) is 95.9 Å². The first-order chi connectivity index (χ1) is 15.6. The fourth-order valence-corrected chi connectivity index (χ4v) is 4.76. The Kier molecular flexibility index (Phi) is 5.35. The molecule has 3 aromatic rings. The molecule has 0 aliphatic heterocycles. The van der Waals surface area contributed by atoms with Gasteiger partial charge in [0, 0.05) is 37.2 Å².